The SMILES string of the molecule is CN[C@@H](C)C(=O)N[C@@](C=O)(C(C)(C)C)[C@@]12CN(CCc3cccc(Cl)c3)C(=O)[C@H](Cc3ccc4ccccc4c3)N1C(=O)CN2. The monoisotopic (exact) mass is 631 g/mol. The lowest BCUT2D eigenvalue weighted by molar-refractivity contribution is -0.173. The molecule has 0 spiro atoms. The average molecular weight is 632 g/mol. The summed E-state index contributed by atoms with van der Waals surface area (Å²) in [7, 11) is 1.67. The third-order valence-electron chi connectivity index (χ3n) is 9.50. The van der Waals surface area contributed by atoms with Crippen molar-refractivity contribution in [3.63, 3.8) is 0 Å². The van der Waals surface area contributed by atoms with E-state index in [-0.39, 0.29) is 37.2 Å². The third kappa shape index (κ3) is 5.85. The van der Waals surface area contributed by atoms with Gasteiger partial charge >= 0.3 is 0 Å². The van der Waals surface area contributed by atoms with Crippen LogP contribution in [-0.4, -0.2) is 83.8 Å². The van der Waals surface area contributed by atoms with Gasteiger partial charge in [0, 0.05) is 18.0 Å². The second kappa shape index (κ2) is 12.5. The molecular weight excluding hydrogens is 590 g/mol. The van der Waals surface area contributed by atoms with Crippen LogP contribution in [0.4, 0.5) is 0 Å². The molecule has 0 saturated carbocycles. The van der Waals surface area contributed by atoms with E-state index in [2.05, 4.69) is 16.0 Å². The molecule has 4 atom stereocenters. The number of amides is 3. The van der Waals surface area contributed by atoms with E-state index >= 15 is 0 Å². The minimum Gasteiger partial charge on any atom is -0.339 e. The molecule has 3 amide bonds. The molecule has 2 fully saturated rings. The van der Waals surface area contributed by atoms with Crippen molar-refractivity contribution in [2.75, 3.05) is 26.7 Å². The number of halogens is 1. The fourth-order valence-corrected chi connectivity index (χ4v) is 7.08. The van der Waals surface area contributed by atoms with Crippen LogP contribution in [0.3, 0.4) is 0 Å². The van der Waals surface area contributed by atoms with E-state index in [0.29, 0.717) is 18.0 Å². The zero-order valence-corrected chi connectivity index (χ0v) is 27.3. The molecule has 0 aliphatic carbocycles. The number of piperazine rings is 1. The van der Waals surface area contributed by atoms with E-state index in [1.807, 2.05) is 81.4 Å². The molecule has 0 aromatic heterocycles. The van der Waals surface area contributed by atoms with Gasteiger partial charge in [0.2, 0.25) is 17.7 Å². The molecule has 3 N–H and O–H groups in total. The highest BCUT2D eigenvalue weighted by Gasteiger charge is 2.69. The Labute approximate surface area is 269 Å². The Bertz CT molecular complexity index is 1620. The van der Waals surface area contributed by atoms with Crippen LogP contribution in [0.2, 0.25) is 5.02 Å². The third-order valence-corrected chi connectivity index (χ3v) is 9.74. The Hall–Kier alpha value is -3.79. The maximum Gasteiger partial charge on any atom is 0.245 e. The van der Waals surface area contributed by atoms with E-state index in [0.717, 1.165) is 28.2 Å². The molecule has 10 heteroatoms. The number of rotatable bonds is 10. The minimum atomic E-state index is -1.61. The Kier molecular flexibility index (Phi) is 9.08. The number of aldehydes is 1. The van der Waals surface area contributed by atoms with Gasteiger partial charge in [0.1, 0.15) is 23.5 Å². The Balaban J connectivity index is 1.64. The van der Waals surface area contributed by atoms with Crippen molar-refractivity contribution >= 4 is 46.4 Å². The zero-order valence-electron chi connectivity index (χ0n) is 26.5. The highest BCUT2D eigenvalue weighted by Crippen LogP contribution is 2.45. The summed E-state index contributed by atoms with van der Waals surface area (Å²) in [5, 5.41) is 12.1. The summed E-state index contributed by atoms with van der Waals surface area (Å²) in [5.41, 5.74) is -2.05. The Morgan fingerprint density at radius 2 is 1.80 bits per heavy atom. The van der Waals surface area contributed by atoms with Crippen molar-refractivity contribution in [3.8, 4) is 0 Å². The largest absolute Gasteiger partial charge is 0.339 e. The number of nitrogens with zero attached hydrogens (tertiary/aromatic N) is 2. The van der Waals surface area contributed by atoms with Crippen molar-refractivity contribution in [3.05, 3.63) is 82.9 Å². The number of carbonyl (C=O) groups is 4. The van der Waals surface area contributed by atoms with Crippen molar-refractivity contribution in [1.29, 1.82) is 0 Å². The maximum absolute atomic E-state index is 14.4. The van der Waals surface area contributed by atoms with Gasteiger partial charge < -0.3 is 25.2 Å². The number of carbonyl (C=O) groups excluding carboxylic acids is 4. The molecule has 0 bridgehead atoms. The Morgan fingerprint density at radius 3 is 2.47 bits per heavy atom. The molecule has 238 valence electrons. The first-order valence-corrected chi connectivity index (χ1v) is 15.8. The van der Waals surface area contributed by atoms with Crippen molar-refractivity contribution in [1.82, 2.24) is 25.8 Å². The number of likely N-dealkylation sites (N-methyl/N-ethyl adjacent to an activating group) is 1. The van der Waals surface area contributed by atoms with Crippen LogP contribution >= 0.6 is 11.6 Å². The lowest BCUT2D eigenvalue weighted by Crippen LogP contribution is -2.86. The van der Waals surface area contributed by atoms with Gasteiger partial charge in [0.25, 0.3) is 0 Å². The second-order valence-corrected chi connectivity index (χ2v) is 13.6. The molecule has 2 saturated heterocycles. The topological polar surface area (TPSA) is 111 Å². The predicted molar refractivity (Wildman–Crippen MR) is 176 cm³/mol. The predicted octanol–water partition coefficient (Wildman–Crippen LogP) is 3.33. The summed E-state index contributed by atoms with van der Waals surface area (Å²) in [6.07, 6.45) is 1.52. The number of fused-ring (bicyclic) bond motifs is 2. The molecule has 2 aliphatic heterocycles. The summed E-state index contributed by atoms with van der Waals surface area (Å²) >= 11 is 6.26. The molecule has 0 radical (unpaired) electrons. The average Bonchev–Trinajstić information content (AvgIpc) is 3.35. The molecule has 5 rings (SSSR count). The second-order valence-electron chi connectivity index (χ2n) is 13.2. The van der Waals surface area contributed by atoms with E-state index in [9.17, 15) is 19.2 Å². The lowest BCUT2D eigenvalue weighted by Gasteiger charge is -2.60. The summed E-state index contributed by atoms with van der Waals surface area (Å²) in [6, 6.07) is 20.0. The zero-order chi connectivity index (χ0) is 32.6. The highest BCUT2D eigenvalue weighted by molar-refractivity contribution is 6.30. The van der Waals surface area contributed by atoms with Gasteiger partial charge in [-0.15, -0.1) is 0 Å². The summed E-state index contributed by atoms with van der Waals surface area (Å²) < 4.78 is 0. The molecule has 9 nitrogen and oxygen atoms in total. The molecule has 2 heterocycles. The molecule has 3 aromatic carbocycles. The van der Waals surface area contributed by atoms with Gasteiger partial charge in [0.05, 0.1) is 19.1 Å². The standard InChI is InChI=1S/C35H42ClN5O4/c1-23(37-5)31(44)39-34(22-42,33(2,3)4)35-21-40(16-15-24-9-8-12-28(36)18-24)32(45)29(41(35)30(43)20-38-35)19-25-13-14-26-10-6-7-11-27(26)17-25/h6-14,17-18,22-23,29,37-38H,15-16,19-21H2,1-5H3,(H,39,44)/t23-,29-,34-,35+/m0/s1. The van der Waals surface area contributed by atoms with Gasteiger partial charge in [-0.3, -0.25) is 19.7 Å². The highest BCUT2D eigenvalue weighted by atomic mass is 35.5. The normalized spacial score (nSPS) is 22.2. The minimum absolute atomic E-state index is 0.0105. The first-order valence-electron chi connectivity index (χ1n) is 15.4. The van der Waals surface area contributed by atoms with Crippen LogP contribution in [0.1, 0.15) is 38.8 Å². The molecular formula is C35H42ClN5O4. The molecule has 45 heavy (non-hydrogen) atoms. The van der Waals surface area contributed by atoms with Crippen LogP contribution in [0.25, 0.3) is 10.8 Å². The van der Waals surface area contributed by atoms with E-state index in [1.165, 1.54) is 0 Å². The maximum atomic E-state index is 14.4. The van der Waals surface area contributed by atoms with Crippen molar-refractivity contribution in [2.24, 2.45) is 5.41 Å². The quantitative estimate of drug-likeness (QED) is 0.296. The number of hydrogen-bond acceptors (Lipinski definition) is 6. The van der Waals surface area contributed by atoms with Crippen LogP contribution in [0.5, 0.6) is 0 Å². The fraction of sp³-hybridized carbons (Fsp3) is 0.429. The van der Waals surface area contributed by atoms with Crippen molar-refractivity contribution < 1.29 is 19.2 Å². The van der Waals surface area contributed by atoms with Gasteiger partial charge in [0.15, 0.2) is 0 Å². The van der Waals surface area contributed by atoms with Gasteiger partial charge in [-0.25, -0.2) is 0 Å². The summed E-state index contributed by atoms with van der Waals surface area (Å²) in [6.45, 7) is 7.58. The van der Waals surface area contributed by atoms with Crippen molar-refractivity contribution in [2.45, 2.75) is 63.8 Å². The number of nitrogens with one attached hydrogen (secondary N) is 3. The Morgan fingerprint density at radius 1 is 1.07 bits per heavy atom. The van der Waals surface area contributed by atoms with E-state index in [1.54, 1.807) is 29.8 Å². The smallest absolute Gasteiger partial charge is 0.245 e. The first kappa shape index (κ1) is 32.6. The first-order chi connectivity index (χ1) is 21.4. The van der Waals surface area contributed by atoms with Crippen LogP contribution in [0.15, 0.2) is 66.7 Å². The number of hydrogen-bond donors (Lipinski definition) is 3. The van der Waals surface area contributed by atoms with Gasteiger partial charge in [-0.1, -0.05) is 87.0 Å². The molecule has 0 unspecified atom stereocenters. The van der Waals surface area contributed by atoms with Crippen LogP contribution in [-0.2, 0) is 32.0 Å². The number of benzene rings is 3. The summed E-state index contributed by atoms with van der Waals surface area (Å²) in [4.78, 5) is 58.7. The fourth-order valence-electron chi connectivity index (χ4n) is 6.87. The van der Waals surface area contributed by atoms with Gasteiger partial charge in [-0.05, 0) is 59.8 Å². The molecule has 3 aromatic rings. The van der Waals surface area contributed by atoms with Crippen LogP contribution in [0, 0.1) is 5.41 Å². The van der Waals surface area contributed by atoms with Gasteiger partial charge in [-0.2, -0.15) is 0 Å². The van der Waals surface area contributed by atoms with E-state index < -0.39 is 28.7 Å². The lowest BCUT2D eigenvalue weighted by atomic mass is 9.64. The van der Waals surface area contributed by atoms with Crippen LogP contribution < -0.4 is 16.0 Å². The molecule has 2 aliphatic rings. The van der Waals surface area contributed by atoms with E-state index in [4.69, 9.17) is 11.6 Å². The summed E-state index contributed by atoms with van der Waals surface area (Å²) in [5.74, 6) is -0.889.